The van der Waals surface area contributed by atoms with Crippen molar-refractivity contribution in [3.05, 3.63) is 51.1 Å². The van der Waals surface area contributed by atoms with Gasteiger partial charge in [-0.15, -0.1) is 10.2 Å². The number of benzene rings is 1. The highest BCUT2D eigenvalue weighted by atomic mass is 16.6. The summed E-state index contributed by atoms with van der Waals surface area (Å²) in [5.74, 6) is 1.41. The Balaban J connectivity index is 1.69. The van der Waals surface area contributed by atoms with Gasteiger partial charge in [-0.3, -0.25) is 14.9 Å². The number of carbonyl (C=O) groups excluding carboxylic acids is 1. The van der Waals surface area contributed by atoms with Crippen LogP contribution < -0.4 is 5.32 Å². The quantitative estimate of drug-likeness (QED) is 0.678. The van der Waals surface area contributed by atoms with Crippen molar-refractivity contribution >= 4 is 11.6 Å². The second-order valence-corrected chi connectivity index (χ2v) is 5.23. The van der Waals surface area contributed by atoms with Gasteiger partial charge in [0.05, 0.1) is 11.5 Å². The molecule has 0 unspecified atom stereocenters. The van der Waals surface area contributed by atoms with Gasteiger partial charge in [-0.05, 0) is 25.5 Å². The molecule has 0 atom stereocenters. The average Bonchev–Trinajstić information content (AvgIpc) is 3.07. The Morgan fingerprint density at radius 3 is 3.00 bits per heavy atom. The molecule has 0 saturated heterocycles. The zero-order valence-electron chi connectivity index (χ0n) is 12.1. The third-order valence-corrected chi connectivity index (χ3v) is 3.75. The zero-order chi connectivity index (χ0) is 15.7. The van der Waals surface area contributed by atoms with Crippen molar-refractivity contribution in [2.75, 3.05) is 0 Å². The second-order valence-electron chi connectivity index (χ2n) is 5.23. The van der Waals surface area contributed by atoms with Crippen LogP contribution in [0.1, 0.15) is 34.0 Å². The number of nitro benzene ring substituents is 1. The summed E-state index contributed by atoms with van der Waals surface area (Å²) in [4.78, 5) is 22.5. The maximum absolute atomic E-state index is 12.1. The number of aromatic nitrogens is 3. The van der Waals surface area contributed by atoms with Crippen LogP contribution in [0, 0.1) is 17.0 Å². The molecule has 0 bridgehead atoms. The predicted molar refractivity (Wildman–Crippen MR) is 77.3 cm³/mol. The minimum atomic E-state index is -0.462. The van der Waals surface area contributed by atoms with Gasteiger partial charge in [0.1, 0.15) is 5.82 Å². The van der Waals surface area contributed by atoms with Crippen molar-refractivity contribution in [2.24, 2.45) is 0 Å². The Morgan fingerprint density at radius 1 is 1.45 bits per heavy atom. The molecule has 1 aromatic heterocycles. The molecular weight excluding hydrogens is 286 g/mol. The number of nitrogens with zero attached hydrogens (tertiary/aromatic N) is 4. The smallest absolute Gasteiger partial charge is 0.272 e. The van der Waals surface area contributed by atoms with Gasteiger partial charge < -0.3 is 9.88 Å². The van der Waals surface area contributed by atoms with Crippen LogP contribution in [0.25, 0.3) is 0 Å². The Bertz CT molecular complexity index is 753. The zero-order valence-corrected chi connectivity index (χ0v) is 12.1. The van der Waals surface area contributed by atoms with Gasteiger partial charge in [-0.25, -0.2) is 0 Å². The molecule has 114 valence electrons. The molecule has 2 aromatic rings. The van der Waals surface area contributed by atoms with Crippen molar-refractivity contribution in [1.29, 1.82) is 0 Å². The van der Waals surface area contributed by atoms with Gasteiger partial charge in [0.15, 0.2) is 5.82 Å². The van der Waals surface area contributed by atoms with E-state index in [-0.39, 0.29) is 11.6 Å². The number of amides is 1. The summed E-state index contributed by atoms with van der Waals surface area (Å²) in [6.45, 7) is 2.78. The van der Waals surface area contributed by atoms with Crippen molar-refractivity contribution < 1.29 is 9.72 Å². The normalized spacial score (nSPS) is 13.0. The minimum absolute atomic E-state index is 0.00632. The summed E-state index contributed by atoms with van der Waals surface area (Å²) in [7, 11) is 0. The molecule has 22 heavy (non-hydrogen) atoms. The molecule has 0 aliphatic carbocycles. The SMILES string of the molecule is Cc1cc(C(=O)NCc2nnc3n2CCC3)ccc1[N+](=O)[O-]. The highest BCUT2D eigenvalue weighted by Crippen LogP contribution is 2.19. The van der Waals surface area contributed by atoms with Gasteiger partial charge in [-0.1, -0.05) is 0 Å². The molecule has 0 spiro atoms. The lowest BCUT2D eigenvalue weighted by atomic mass is 10.1. The maximum atomic E-state index is 12.1. The molecular formula is C14H15N5O3. The lowest BCUT2D eigenvalue weighted by molar-refractivity contribution is -0.385. The van der Waals surface area contributed by atoms with Gasteiger partial charge in [0.25, 0.3) is 11.6 Å². The van der Waals surface area contributed by atoms with E-state index in [0.717, 1.165) is 31.0 Å². The van der Waals surface area contributed by atoms with E-state index in [4.69, 9.17) is 0 Å². The van der Waals surface area contributed by atoms with Crippen LogP contribution >= 0.6 is 0 Å². The van der Waals surface area contributed by atoms with E-state index >= 15 is 0 Å². The summed E-state index contributed by atoms with van der Waals surface area (Å²) < 4.78 is 2.02. The third kappa shape index (κ3) is 2.54. The van der Waals surface area contributed by atoms with Crippen LogP contribution in [-0.2, 0) is 19.5 Å². The average molecular weight is 301 g/mol. The van der Waals surface area contributed by atoms with Crippen LogP contribution in [0.4, 0.5) is 5.69 Å². The van der Waals surface area contributed by atoms with E-state index in [2.05, 4.69) is 15.5 Å². The van der Waals surface area contributed by atoms with Crippen LogP contribution in [0.3, 0.4) is 0 Å². The molecule has 2 heterocycles. The Labute approximate surface area is 126 Å². The molecule has 1 aromatic carbocycles. The fraction of sp³-hybridized carbons (Fsp3) is 0.357. The molecule has 3 rings (SSSR count). The number of aryl methyl sites for hydroxylation is 2. The van der Waals surface area contributed by atoms with Crippen LogP contribution in [0.15, 0.2) is 18.2 Å². The van der Waals surface area contributed by atoms with E-state index in [1.165, 1.54) is 18.2 Å². The number of hydrogen-bond acceptors (Lipinski definition) is 5. The molecule has 1 aliphatic heterocycles. The number of nitro groups is 1. The first-order valence-corrected chi connectivity index (χ1v) is 7.00. The standard InChI is InChI=1S/C14H15N5O3/c1-9-7-10(4-5-11(9)19(21)22)14(20)15-8-13-17-16-12-3-2-6-18(12)13/h4-5,7H,2-3,6,8H2,1H3,(H,15,20). The van der Waals surface area contributed by atoms with E-state index < -0.39 is 4.92 Å². The Kier molecular flexibility index (Phi) is 3.58. The maximum Gasteiger partial charge on any atom is 0.272 e. The monoisotopic (exact) mass is 301 g/mol. The van der Waals surface area contributed by atoms with E-state index in [0.29, 0.717) is 17.7 Å². The molecule has 8 heteroatoms. The number of fused-ring (bicyclic) bond motifs is 1. The van der Waals surface area contributed by atoms with Gasteiger partial charge >= 0.3 is 0 Å². The van der Waals surface area contributed by atoms with Crippen LogP contribution in [0.5, 0.6) is 0 Å². The van der Waals surface area contributed by atoms with Gasteiger partial charge in [0.2, 0.25) is 0 Å². The van der Waals surface area contributed by atoms with Crippen molar-refractivity contribution in [3.8, 4) is 0 Å². The lowest BCUT2D eigenvalue weighted by Crippen LogP contribution is -2.24. The van der Waals surface area contributed by atoms with Gasteiger partial charge in [-0.2, -0.15) is 0 Å². The molecule has 1 amide bonds. The number of rotatable bonds is 4. The van der Waals surface area contributed by atoms with E-state index in [1.54, 1.807) is 6.92 Å². The van der Waals surface area contributed by atoms with Crippen LogP contribution in [0.2, 0.25) is 0 Å². The highest BCUT2D eigenvalue weighted by molar-refractivity contribution is 5.94. The largest absolute Gasteiger partial charge is 0.345 e. The highest BCUT2D eigenvalue weighted by Gasteiger charge is 2.18. The molecule has 1 N–H and O–H groups in total. The summed E-state index contributed by atoms with van der Waals surface area (Å²) in [6.07, 6.45) is 1.97. The molecule has 0 saturated carbocycles. The summed E-state index contributed by atoms with van der Waals surface area (Å²) >= 11 is 0. The third-order valence-electron chi connectivity index (χ3n) is 3.75. The van der Waals surface area contributed by atoms with Crippen molar-refractivity contribution in [2.45, 2.75) is 32.9 Å². The van der Waals surface area contributed by atoms with Crippen LogP contribution in [-0.4, -0.2) is 25.6 Å². The predicted octanol–water partition coefficient (Wildman–Crippen LogP) is 1.37. The Morgan fingerprint density at radius 2 is 2.27 bits per heavy atom. The fourth-order valence-electron chi connectivity index (χ4n) is 2.60. The first-order chi connectivity index (χ1) is 10.6. The first-order valence-electron chi connectivity index (χ1n) is 7.00. The fourth-order valence-corrected chi connectivity index (χ4v) is 2.60. The number of nitrogens with one attached hydrogen (secondary N) is 1. The lowest BCUT2D eigenvalue weighted by Gasteiger charge is -2.06. The summed E-state index contributed by atoms with van der Waals surface area (Å²) in [5, 5.41) is 21.7. The summed E-state index contributed by atoms with van der Waals surface area (Å²) in [6, 6.07) is 4.31. The summed E-state index contributed by atoms with van der Waals surface area (Å²) in [5.41, 5.74) is 0.858. The number of hydrogen-bond donors (Lipinski definition) is 1. The second kappa shape index (κ2) is 5.55. The van der Waals surface area contributed by atoms with Crippen molar-refractivity contribution in [3.63, 3.8) is 0 Å². The molecule has 8 nitrogen and oxygen atoms in total. The number of carbonyl (C=O) groups is 1. The first kappa shape index (κ1) is 14.2. The van der Waals surface area contributed by atoms with Gasteiger partial charge in [0, 0.05) is 30.2 Å². The van der Waals surface area contributed by atoms with E-state index in [9.17, 15) is 14.9 Å². The minimum Gasteiger partial charge on any atom is -0.345 e. The Hall–Kier alpha value is -2.77. The molecule has 1 aliphatic rings. The van der Waals surface area contributed by atoms with Crippen molar-refractivity contribution in [1.82, 2.24) is 20.1 Å². The molecule has 0 fully saturated rings. The molecule has 0 radical (unpaired) electrons. The van der Waals surface area contributed by atoms with E-state index in [1.807, 2.05) is 4.57 Å². The topological polar surface area (TPSA) is 103 Å².